The second-order valence-electron chi connectivity index (χ2n) is 5.16. The number of carboxylic acids is 1. The molecule has 1 aromatic carbocycles. The van der Waals surface area contributed by atoms with Crippen molar-refractivity contribution in [2.24, 2.45) is 5.92 Å². The van der Waals surface area contributed by atoms with Crippen molar-refractivity contribution in [2.45, 2.75) is 31.6 Å². The minimum atomic E-state index is -0.687. The summed E-state index contributed by atoms with van der Waals surface area (Å²) in [6.07, 6.45) is 3.20. The smallest absolute Gasteiger partial charge is 0.417 e. The zero-order valence-electron chi connectivity index (χ0n) is 10.4. The van der Waals surface area contributed by atoms with Crippen LogP contribution in [0.1, 0.15) is 37.2 Å². The SMILES string of the molecule is O=C(O)C1CCC(c2ccc3oc(=O)[nH]c3c2)CC1. The maximum Gasteiger partial charge on any atom is 0.417 e. The Balaban J connectivity index is 1.81. The number of oxazole rings is 1. The number of aliphatic carboxylic acids is 1. The molecule has 1 aromatic heterocycles. The van der Waals surface area contributed by atoms with Crippen LogP contribution in [-0.4, -0.2) is 16.1 Å². The molecule has 0 spiro atoms. The van der Waals surface area contributed by atoms with Crippen molar-refractivity contribution in [1.29, 1.82) is 0 Å². The summed E-state index contributed by atoms with van der Waals surface area (Å²) in [6.45, 7) is 0. The van der Waals surface area contributed by atoms with Gasteiger partial charge in [-0.2, -0.15) is 0 Å². The number of rotatable bonds is 2. The summed E-state index contributed by atoms with van der Waals surface area (Å²) in [5.74, 6) is -0.957. The maximum absolute atomic E-state index is 11.1. The summed E-state index contributed by atoms with van der Waals surface area (Å²) in [5, 5.41) is 8.99. The van der Waals surface area contributed by atoms with Gasteiger partial charge < -0.3 is 9.52 Å². The molecule has 1 aliphatic rings. The predicted molar refractivity (Wildman–Crippen MR) is 69.2 cm³/mol. The summed E-state index contributed by atoms with van der Waals surface area (Å²) >= 11 is 0. The molecule has 1 saturated carbocycles. The number of hydrogen-bond acceptors (Lipinski definition) is 3. The molecule has 2 aromatic rings. The minimum absolute atomic E-state index is 0.200. The maximum atomic E-state index is 11.1. The average molecular weight is 261 g/mol. The van der Waals surface area contributed by atoms with Crippen LogP contribution in [0, 0.1) is 5.92 Å². The first-order chi connectivity index (χ1) is 9.13. The van der Waals surface area contributed by atoms with Gasteiger partial charge in [-0.25, -0.2) is 4.79 Å². The second-order valence-corrected chi connectivity index (χ2v) is 5.16. The van der Waals surface area contributed by atoms with E-state index in [1.165, 1.54) is 0 Å². The topological polar surface area (TPSA) is 83.3 Å². The van der Waals surface area contributed by atoms with Crippen molar-refractivity contribution in [3.05, 3.63) is 34.3 Å². The highest BCUT2D eigenvalue weighted by Gasteiger charge is 2.26. The van der Waals surface area contributed by atoms with E-state index in [0.717, 1.165) is 31.2 Å². The van der Waals surface area contributed by atoms with Crippen LogP contribution in [0.3, 0.4) is 0 Å². The zero-order valence-corrected chi connectivity index (χ0v) is 10.4. The molecule has 0 aliphatic heterocycles. The summed E-state index contributed by atoms with van der Waals surface area (Å²) in [6, 6.07) is 5.70. The Bertz CT molecular complexity index is 661. The Hall–Kier alpha value is -2.04. The number of nitrogens with one attached hydrogen (secondary N) is 1. The molecule has 1 fully saturated rings. The molecule has 5 nitrogen and oxygen atoms in total. The molecule has 0 radical (unpaired) electrons. The number of fused-ring (bicyclic) bond motifs is 1. The minimum Gasteiger partial charge on any atom is -0.481 e. The van der Waals surface area contributed by atoms with Crippen molar-refractivity contribution in [3.63, 3.8) is 0 Å². The number of carbonyl (C=O) groups is 1. The Labute approximate surface area is 109 Å². The van der Waals surface area contributed by atoms with Crippen LogP contribution >= 0.6 is 0 Å². The van der Waals surface area contributed by atoms with Crippen LogP contribution in [0.4, 0.5) is 0 Å². The summed E-state index contributed by atoms with van der Waals surface area (Å²) < 4.78 is 4.97. The van der Waals surface area contributed by atoms with Crippen molar-refractivity contribution >= 4 is 17.1 Å². The van der Waals surface area contributed by atoms with E-state index >= 15 is 0 Å². The van der Waals surface area contributed by atoms with Crippen molar-refractivity contribution < 1.29 is 14.3 Å². The third kappa shape index (κ3) is 2.28. The third-order valence-electron chi connectivity index (χ3n) is 3.99. The number of carboxylic acid groups (broad SMARTS) is 1. The van der Waals surface area contributed by atoms with Gasteiger partial charge in [-0.15, -0.1) is 0 Å². The van der Waals surface area contributed by atoms with E-state index in [4.69, 9.17) is 9.52 Å². The van der Waals surface area contributed by atoms with Crippen LogP contribution in [0.5, 0.6) is 0 Å². The van der Waals surface area contributed by atoms with Crippen molar-refractivity contribution in [2.75, 3.05) is 0 Å². The summed E-state index contributed by atoms with van der Waals surface area (Å²) in [4.78, 5) is 24.7. The highest BCUT2D eigenvalue weighted by atomic mass is 16.4. The molecule has 0 saturated heterocycles. The standard InChI is InChI=1S/C14H15NO4/c16-13(17)9-3-1-8(2-4-9)10-5-6-12-11(7-10)15-14(18)19-12/h5-9H,1-4H2,(H,15,18)(H,16,17). The molecule has 1 heterocycles. The third-order valence-corrected chi connectivity index (χ3v) is 3.99. The number of benzene rings is 1. The fourth-order valence-corrected chi connectivity index (χ4v) is 2.90. The van der Waals surface area contributed by atoms with Crippen LogP contribution in [-0.2, 0) is 4.79 Å². The van der Waals surface area contributed by atoms with E-state index in [1.807, 2.05) is 12.1 Å². The van der Waals surface area contributed by atoms with E-state index in [2.05, 4.69) is 4.98 Å². The molecule has 0 atom stereocenters. The van der Waals surface area contributed by atoms with Crippen LogP contribution in [0.15, 0.2) is 27.4 Å². The summed E-state index contributed by atoms with van der Waals surface area (Å²) in [5.41, 5.74) is 2.42. The van der Waals surface area contributed by atoms with Gasteiger partial charge in [0.2, 0.25) is 0 Å². The van der Waals surface area contributed by atoms with Gasteiger partial charge in [-0.05, 0) is 49.3 Å². The Morgan fingerprint density at radius 2 is 2.00 bits per heavy atom. The first-order valence-corrected chi connectivity index (χ1v) is 6.49. The van der Waals surface area contributed by atoms with Gasteiger partial charge in [0.1, 0.15) is 0 Å². The van der Waals surface area contributed by atoms with Crippen LogP contribution in [0.25, 0.3) is 11.1 Å². The molecule has 2 N–H and O–H groups in total. The second kappa shape index (κ2) is 4.57. The van der Waals surface area contributed by atoms with Crippen LogP contribution in [0.2, 0.25) is 0 Å². The number of aromatic amines is 1. The molecule has 0 bridgehead atoms. The first-order valence-electron chi connectivity index (χ1n) is 6.49. The van der Waals surface area contributed by atoms with Gasteiger partial charge in [-0.3, -0.25) is 9.78 Å². The lowest BCUT2D eigenvalue weighted by molar-refractivity contribution is -0.142. The largest absolute Gasteiger partial charge is 0.481 e. The Morgan fingerprint density at radius 3 is 2.68 bits per heavy atom. The van der Waals surface area contributed by atoms with Gasteiger partial charge in [-0.1, -0.05) is 6.07 Å². The molecule has 100 valence electrons. The average Bonchev–Trinajstić information content (AvgIpc) is 2.77. The van der Waals surface area contributed by atoms with Gasteiger partial charge >= 0.3 is 11.7 Å². The Morgan fingerprint density at radius 1 is 1.26 bits per heavy atom. The molecule has 1 aliphatic carbocycles. The summed E-state index contributed by atoms with van der Waals surface area (Å²) in [7, 11) is 0. The lowest BCUT2D eigenvalue weighted by atomic mass is 9.79. The normalized spacial score (nSPS) is 23.6. The van der Waals surface area contributed by atoms with Crippen molar-refractivity contribution in [3.8, 4) is 0 Å². The van der Waals surface area contributed by atoms with Gasteiger partial charge in [0.15, 0.2) is 5.58 Å². The molecule has 0 unspecified atom stereocenters. The van der Waals surface area contributed by atoms with Gasteiger partial charge in [0.25, 0.3) is 0 Å². The number of aromatic nitrogens is 1. The van der Waals surface area contributed by atoms with E-state index in [1.54, 1.807) is 6.07 Å². The highest BCUT2D eigenvalue weighted by Crippen LogP contribution is 2.36. The zero-order chi connectivity index (χ0) is 13.4. The van der Waals surface area contributed by atoms with E-state index in [-0.39, 0.29) is 5.92 Å². The molecule has 3 rings (SSSR count). The van der Waals surface area contributed by atoms with Gasteiger partial charge in [0.05, 0.1) is 11.4 Å². The van der Waals surface area contributed by atoms with E-state index in [0.29, 0.717) is 17.0 Å². The van der Waals surface area contributed by atoms with E-state index in [9.17, 15) is 9.59 Å². The molecular formula is C14H15NO4. The van der Waals surface area contributed by atoms with E-state index < -0.39 is 11.7 Å². The fourth-order valence-electron chi connectivity index (χ4n) is 2.90. The van der Waals surface area contributed by atoms with Gasteiger partial charge in [0, 0.05) is 0 Å². The molecular weight excluding hydrogens is 246 g/mol. The Kier molecular flexibility index (Phi) is 2.89. The van der Waals surface area contributed by atoms with Crippen LogP contribution < -0.4 is 5.76 Å². The molecule has 5 heteroatoms. The molecule has 0 amide bonds. The monoisotopic (exact) mass is 261 g/mol. The highest BCUT2D eigenvalue weighted by molar-refractivity contribution is 5.73. The number of hydrogen-bond donors (Lipinski definition) is 2. The lowest BCUT2D eigenvalue weighted by Crippen LogP contribution is -2.20. The fraction of sp³-hybridized carbons (Fsp3) is 0.429. The number of H-pyrrole nitrogens is 1. The quantitative estimate of drug-likeness (QED) is 0.869. The predicted octanol–water partition coefficient (Wildman–Crippen LogP) is 2.48. The lowest BCUT2D eigenvalue weighted by Gasteiger charge is -2.26. The molecule has 19 heavy (non-hydrogen) atoms. The first kappa shape index (κ1) is 12.0. The van der Waals surface area contributed by atoms with Crippen molar-refractivity contribution in [1.82, 2.24) is 4.98 Å².